The van der Waals surface area contributed by atoms with Crippen LogP contribution < -0.4 is 14.8 Å². The molecule has 1 N–H and O–H groups in total. The van der Waals surface area contributed by atoms with Crippen LogP contribution in [0.1, 0.15) is 41.6 Å². The van der Waals surface area contributed by atoms with Gasteiger partial charge < -0.3 is 28.8 Å². The fourth-order valence-corrected chi connectivity index (χ4v) is 4.48. The molecule has 0 fully saturated rings. The Bertz CT molecular complexity index is 1510. The summed E-state index contributed by atoms with van der Waals surface area (Å²) in [5.74, 6) is -0.875. The maximum atomic E-state index is 13.8. The zero-order valence-corrected chi connectivity index (χ0v) is 23.4. The van der Waals surface area contributed by atoms with Crippen molar-refractivity contribution >= 4 is 23.5 Å². The summed E-state index contributed by atoms with van der Waals surface area (Å²) in [6.45, 7) is 3.41. The smallest absolute Gasteiger partial charge is 0.357 e. The standard InChI is InChI=1S/C32H32N2O7/c1-5-40-32(37)29-28(33-31(36)30(41-21(2)35)23-14-10-7-11-15-23)25(20-34(29)19-22-12-8-6-9-13-22)24-16-17-26(38-3)27(18-24)39-4/h6-18,20,30H,5,19H2,1-4H3,(H,33,36). The molecule has 0 aliphatic heterocycles. The van der Waals surface area contributed by atoms with Gasteiger partial charge in [0.2, 0.25) is 6.10 Å². The van der Waals surface area contributed by atoms with Crippen LogP contribution in [0, 0.1) is 0 Å². The molecule has 0 aliphatic rings. The van der Waals surface area contributed by atoms with E-state index in [2.05, 4.69) is 5.32 Å². The molecule has 1 atom stereocenters. The Labute approximate surface area is 238 Å². The highest BCUT2D eigenvalue weighted by molar-refractivity contribution is 6.07. The minimum atomic E-state index is -1.25. The third-order valence-electron chi connectivity index (χ3n) is 6.31. The van der Waals surface area contributed by atoms with Crippen LogP contribution in [0.2, 0.25) is 0 Å². The third-order valence-corrected chi connectivity index (χ3v) is 6.31. The van der Waals surface area contributed by atoms with Gasteiger partial charge in [0, 0.05) is 30.8 Å². The second-order valence-electron chi connectivity index (χ2n) is 9.06. The van der Waals surface area contributed by atoms with Crippen molar-refractivity contribution in [3.63, 3.8) is 0 Å². The van der Waals surface area contributed by atoms with Crippen molar-refractivity contribution in [3.8, 4) is 22.6 Å². The van der Waals surface area contributed by atoms with Crippen LogP contribution in [0.15, 0.2) is 85.1 Å². The zero-order valence-electron chi connectivity index (χ0n) is 23.4. The van der Waals surface area contributed by atoms with Crippen LogP contribution in [-0.2, 0) is 25.6 Å². The van der Waals surface area contributed by atoms with Crippen LogP contribution >= 0.6 is 0 Å². The minimum Gasteiger partial charge on any atom is -0.493 e. The van der Waals surface area contributed by atoms with E-state index in [-0.39, 0.29) is 18.0 Å². The molecule has 1 unspecified atom stereocenters. The van der Waals surface area contributed by atoms with Crippen molar-refractivity contribution in [3.05, 3.63) is 102 Å². The lowest BCUT2D eigenvalue weighted by Gasteiger charge is -2.18. The molecule has 1 amide bonds. The predicted molar refractivity (Wildman–Crippen MR) is 154 cm³/mol. The van der Waals surface area contributed by atoms with Crippen LogP contribution in [0.25, 0.3) is 11.1 Å². The van der Waals surface area contributed by atoms with Gasteiger partial charge in [0.1, 0.15) is 0 Å². The summed E-state index contributed by atoms with van der Waals surface area (Å²) < 4.78 is 23.5. The summed E-state index contributed by atoms with van der Waals surface area (Å²) in [5.41, 5.74) is 2.96. The number of hydrogen-bond donors (Lipinski definition) is 1. The molecule has 0 bridgehead atoms. The second-order valence-corrected chi connectivity index (χ2v) is 9.06. The first-order valence-electron chi connectivity index (χ1n) is 13.1. The Kier molecular flexibility index (Phi) is 9.42. The molecule has 212 valence electrons. The fraction of sp³-hybridized carbons (Fsp3) is 0.219. The van der Waals surface area contributed by atoms with Crippen molar-refractivity contribution in [2.45, 2.75) is 26.5 Å². The van der Waals surface area contributed by atoms with Gasteiger partial charge in [-0.3, -0.25) is 9.59 Å². The van der Waals surface area contributed by atoms with E-state index in [0.717, 1.165) is 5.56 Å². The summed E-state index contributed by atoms with van der Waals surface area (Å²) in [6, 6.07) is 23.6. The molecule has 0 saturated heterocycles. The van der Waals surface area contributed by atoms with E-state index >= 15 is 0 Å². The molecule has 0 aliphatic carbocycles. The van der Waals surface area contributed by atoms with E-state index in [9.17, 15) is 14.4 Å². The van der Waals surface area contributed by atoms with Gasteiger partial charge in [0.15, 0.2) is 17.2 Å². The molecule has 4 rings (SSSR count). The van der Waals surface area contributed by atoms with Gasteiger partial charge in [-0.05, 0) is 30.2 Å². The molecular weight excluding hydrogens is 524 g/mol. The highest BCUT2D eigenvalue weighted by Crippen LogP contribution is 2.39. The average molecular weight is 557 g/mol. The van der Waals surface area contributed by atoms with E-state index in [4.69, 9.17) is 18.9 Å². The number of benzene rings is 3. The number of esters is 2. The van der Waals surface area contributed by atoms with Crippen LogP contribution in [0.3, 0.4) is 0 Å². The van der Waals surface area contributed by atoms with Gasteiger partial charge >= 0.3 is 11.9 Å². The molecule has 4 aromatic rings. The Balaban J connectivity index is 1.89. The first-order valence-corrected chi connectivity index (χ1v) is 13.1. The highest BCUT2D eigenvalue weighted by atomic mass is 16.5. The number of rotatable bonds is 11. The Hall–Kier alpha value is -5.05. The molecular formula is C32H32N2O7. The normalized spacial score (nSPS) is 11.3. The topological polar surface area (TPSA) is 105 Å². The van der Waals surface area contributed by atoms with E-state index < -0.39 is 23.9 Å². The van der Waals surface area contributed by atoms with Crippen molar-refractivity contribution in [1.82, 2.24) is 4.57 Å². The van der Waals surface area contributed by atoms with Gasteiger partial charge in [0.05, 0.1) is 26.5 Å². The Morgan fingerprint density at radius 2 is 1.54 bits per heavy atom. The molecule has 1 heterocycles. The van der Waals surface area contributed by atoms with Crippen LogP contribution in [-0.4, -0.2) is 43.2 Å². The number of ether oxygens (including phenoxy) is 4. The molecule has 9 nitrogen and oxygen atoms in total. The average Bonchev–Trinajstić information content (AvgIpc) is 3.33. The van der Waals surface area contributed by atoms with Gasteiger partial charge in [-0.15, -0.1) is 0 Å². The lowest BCUT2D eigenvalue weighted by Crippen LogP contribution is -2.26. The third kappa shape index (κ3) is 6.75. The van der Waals surface area contributed by atoms with Crippen LogP contribution in [0.5, 0.6) is 11.5 Å². The lowest BCUT2D eigenvalue weighted by molar-refractivity contribution is -0.152. The lowest BCUT2D eigenvalue weighted by atomic mass is 10.0. The maximum Gasteiger partial charge on any atom is 0.357 e. The monoisotopic (exact) mass is 556 g/mol. The van der Waals surface area contributed by atoms with E-state index in [0.29, 0.717) is 34.7 Å². The van der Waals surface area contributed by atoms with Crippen molar-refractivity contribution in [2.75, 3.05) is 26.1 Å². The van der Waals surface area contributed by atoms with Crippen LogP contribution in [0.4, 0.5) is 5.69 Å². The number of hydrogen-bond acceptors (Lipinski definition) is 7. The van der Waals surface area contributed by atoms with E-state index in [1.165, 1.54) is 21.1 Å². The molecule has 0 radical (unpaired) electrons. The number of amides is 1. The summed E-state index contributed by atoms with van der Waals surface area (Å²) >= 11 is 0. The SMILES string of the molecule is CCOC(=O)c1c(NC(=O)C(OC(C)=O)c2ccccc2)c(-c2ccc(OC)c(OC)c2)cn1Cc1ccccc1. The molecule has 3 aromatic carbocycles. The minimum absolute atomic E-state index is 0.133. The van der Waals surface area contributed by atoms with Gasteiger partial charge in [0.25, 0.3) is 5.91 Å². The Morgan fingerprint density at radius 3 is 2.15 bits per heavy atom. The number of aromatic nitrogens is 1. The van der Waals surface area contributed by atoms with E-state index in [1.807, 2.05) is 30.3 Å². The quantitative estimate of drug-likeness (QED) is 0.238. The Morgan fingerprint density at radius 1 is 0.878 bits per heavy atom. The molecule has 0 spiro atoms. The predicted octanol–water partition coefficient (Wildman–Crippen LogP) is 5.64. The first kappa shape index (κ1) is 28.9. The number of nitrogens with one attached hydrogen (secondary N) is 1. The summed E-state index contributed by atoms with van der Waals surface area (Å²) in [6.07, 6.45) is 0.527. The number of nitrogens with zero attached hydrogens (tertiary/aromatic N) is 1. The number of anilines is 1. The van der Waals surface area contributed by atoms with Gasteiger partial charge in [-0.1, -0.05) is 66.7 Å². The molecule has 1 aromatic heterocycles. The molecule has 41 heavy (non-hydrogen) atoms. The number of methoxy groups -OCH3 is 2. The van der Waals surface area contributed by atoms with Gasteiger partial charge in [-0.25, -0.2) is 4.79 Å². The summed E-state index contributed by atoms with van der Waals surface area (Å²) in [4.78, 5) is 39.1. The largest absolute Gasteiger partial charge is 0.493 e. The molecule has 9 heteroatoms. The number of carbonyl (C=O) groups is 3. The summed E-state index contributed by atoms with van der Waals surface area (Å²) in [5, 5.41) is 2.88. The van der Waals surface area contributed by atoms with E-state index in [1.54, 1.807) is 66.2 Å². The summed E-state index contributed by atoms with van der Waals surface area (Å²) in [7, 11) is 3.07. The first-order chi connectivity index (χ1) is 19.9. The van der Waals surface area contributed by atoms with Crippen molar-refractivity contribution in [2.24, 2.45) is 0 Å². The highest BCUT2D eigenvalue weighted by Gasteiger charge is 2.30. The van der Waals surface area contributed by atoms with Crippen molar-refractivity contribution in [1.29, 1.82) is 0 Å². The number of carbonyl (C=O) groups excluding carboxylic acids is 3. The zero-order chi connectivity index (χ0) is 29.4. The molecule has 0 saturated carbocycles. The second kappa shape index (κ2) is 13.3. The van der Waals surface area contributed by atoms with Crippen molar-refractivity contribution < 1.29 is 33.3 Å². The fourth-order valence-electron chi connectivity index (χ4n) is 4.48. The van der Waals surface area contributed by atoms with Gasteiger partial charge in [-0.2, -0.15) is 0 Å². The maximum absolute atomic E-state index is 13.8.